The predicted octanol–water partition coefficient (Wildman–Crippen LogP) is -4.55. The van der Waals surface area contributed by atoms with Gasteiger partial charge >= 0.3 is 0 Å². The largest absolute Gasteiger partial charge is 0.394 e. The first-order chi connectivity index (χ1) is 11.3. The molecule has 10 atom stereocenters. The van der Waals surface area contributed by atoms with Crippen molar-refractivity contribution in [1.82, 2.24) is 0 Å². The SMILES string of the molecule is OC[C@H]1O[C@@H](CC[C@@H]2O[C@H](CO)[C@@H](O)[C@H](O)[C@H]2O)[C@H](O)[C@@H](O)[C@@H]1O. The molecule has 0 aromatic heterocycles. The van der Waals surface area contributed by atoms with E-state index in [-0.39, 0.29) is 12.8 Å². The van der Waals surface area contributed by atoms with E-state index in [0.717, 1.165) is 0 Å². The molecule has 0 aliphatic carbocycles. The van der Waals surface area contributed by atoms with Crippen LogP contribution in [-0.4, -0.2) is 115 Å². The molecule has 0 bridgehead atoms. The first kappa shape index (κ1) is 19.9. The van der Waals surface area contributed by atoms with Gasteiger partial charge in [-0.2, -0.15) is 0 Å². The molecule has 24 heavy (non-hydrogen) atoms. The van der Waals surface area contributed by atoms with E-state index in [1.807, 2.05) is 0 Å². The molecule has 2 saturated heterocycles. The molecule has 2 rings (SSSR count). The number of hydrogen-bond acceptors (Lipinski definition) is 10. The van der Waals surface area contributed by atoms with Crippen LogP contribution in [0.25, 0.3) is 0 Å². The molecule has 10 heteroatoms. The topological polar surface area (TPSA) is 180 Å². The smallest absolute Gasteiger partial charge is 0.111 e. The van der Waals surface area contributed by atoms with Gasteiger partial charge in [-0.25, -0.2) is 0 Å². The van der Waals surface area contributed by atoms with E-state index in [2.05, 4.69) is 0 Å². The Labute approximate surface area is 138 Å². The summed E-state index contributed by atoms with van der Waals surface area (Å²) >= 11 is 0. The summed E-state index contributed by atoms with van der Waals surface area (Å²) in [7, 11) is 0. The van der Waals surface area contributed by atoms with E-state index in [1.165, 1.54) is 0 Å². The van der Waals surface area contributed by atoms with Gasteiger partial charge in [0, 0.05) is 0 Å². The van der Waals surface area contributed by atoms with Crippen LogP contribution in [0.15, 0.2) is 0 Å². The van der Waals surface area contributed by atoms with E-state index in [9.17, 15) is 30.6 Å². The lowest BCUT2D eigenvalue weighted by molar-refractivity contribution is -0.244. The van der Waals surface area contributed by atoms with Crippen molar-refractivity contribution in [3.63, 3.8) is 0 Å². The monoisotopic (exact) mass is 354 g/mol. The average molecular weight is 354 g/mol. The van der Waals surface area contributed by atoms with Crippen molar-refractivity contribution in [3.8, 4) is 0 Å². The van der Waals surface area contributed by atoms with Crippen LogP contribution >= 0.6 is 0 Å². The molecule has 0 aromatic rings. The van der Waals surface area contributed by atoms with E-state index in [1.54, 1.807) is 0 Å². The molecule has 2 aliphatic heterocycles. The Balaban J connectivity index is 1.96. The molecule has 142 valence electrons. The second-order valence-corrected chi connectivity index (χ2v) is 6.31. The highest BCUT2D eigenvalue weighted by molar-refractivity contribution is 4.95. The van der Waals surface area contributed by atoms with Gasteiger partial charge in [-0.3, -0.25) is 0 Å². The fourth-order valence-corrected chi connectivity index (χ4v) is 3.16. The molecule has 2 aliphatic rings. The van der Waals surface area contributed by atoms with Gasteiger partial charge in [0.2, 0.25) is 0 Å². The molecule has 8 N–H and O–H groups in total. The maximum atomic E-state index is 9.96. The van der Waals surface area contributed by atoms with Crippen LogP contribution in [0, 0.1) is 0 Å². The molecule has 0 radical (unpaired) electrons. The highest BCUT2D eigenvalue weighted by Gasteiger charge is 2.46. The fraction of sp³-hybridized carbons (Fsp3) is 1.00. The van der Waals surface area contributed by atoms with Gasteiger partial charge in [0.05, 0.1) is 25.4 Å². The van der Waals surface area contributed by atoms with Gasteiger partial charge in [-0.05, 0) is 12.8 Å². The molecule has 0 aromatic carbocycles. The van der Waals surface area contributed by atoms with E-state index in [0.29, 0.717) is 0 Å². The van der Waals surface area contributed by atoms with Crippen LogP contribution in [0.1, 0.15) is 12.8 Å². The standard InChI is InChI=1S/C14H26O10/c15-3-7-11(19)13(21)9(17)5(23-7)1-2-6-10(18)14(22)12(20)8(4-16)24-6/h5-22H,1-4H2/t5-,6-,7+,8+,9-,10-,11+,12+,13+,14+/m0/s1. The lowest BCUT2D eigenvalue weighted by Gasteiger charge is -2.42. The summed E-state index contributed by atoms with van der Waals surface area (Å²) in [6.07, 6.45) is -12.4. The summed E-state index contributed by atoms with van der Waals surface area (Å²) in [5.74, 6) is 0. The number of aliphatic hydroxyl groups excluding tert-OH is 8. The zero-order chi connectivity index (χ0) is 18.0. The van der Waals surface area contributed by atoms with Gasteiger partial charge in [0.15, 0.2) is 0 Å². The lowest BCUT2D eigenvalue weighted by atomic mass is 9.89. The van der Waals surface area contributed by atoms with Gasteiger partial charge in [0.25, 0.3) is 0 Å². The van der Waals surface area contributed by atoms with Gasteiger partial charge < -0.3 is 50.3 Å². The van der Waals surface area contributed by atoms with Crippen LogP contribution in [0.3, 0.4) is 0 Å². The minimum Gasteiger partial charge on any atom is -0.394 e. The third-order valence-electron chi connectivity index (χ3n) is 4.72. The summed E-state index contributed by atoms with van der Waals surface area (Å²) in [5.41, 5.74) is 0. The minimum atomic E-state index is -1.49. The van der Waals surface area contributed by atoms with E-state index < -0.39 is 74.3 Å². The quantitative estimate of drug-likeness (QED) is 0.239. The number of aliphatic hydroxyl groups is 8. The molecule has 0 spiro atoms. The fourth-order valence-electron chi connectivity index (χ4n) is 3.16. The second-order valence-electron chi connectivity index (χ2n) is 6.31. The van der Waals surface area contributed by atoms with Gasteiger partial charge in [0.1, 0.15) is 48.8 Å². The highest BCUT2D eigenvalue weighted by atomic mass is 16.6. The molecular weight excluding hydrogens is 328 g/mol. The second kappa shape index (κ2) is 8.32. The lowest BCUT2D eigenvalue weighted by Crippen LogP contribution is -2.60. The van der Waals surface area contributed by atoms with Gasteiger partial charge in [-0.1, -0.05) is 0 Å². The summed E-state index contributed by atoms with van der Waals surface area (Å²) in [4.78, 5) is 0. The molecule has 0 unspecified atom stereocenters. The van der Waals surface area contributed by atoms with E-state index >= 15 is 0 Å². The first-order valence-electron chi connectivity index (χ1n) is 7.92. The van der Waals surface area contributed by atoms with Crippen molar-refractivity contribution in [3.05, 3.63) is 0 Å². The van der Waals surface area contributed by atoms with Crippen LogP contribution in [0.4, 0.5) is 0 Å². The van der Waals surface area contributed by atoms with Crippen molar-refractivity contribution >= 4 is 0 Å². The number of hydrogen-bond donors (Lipinski definition) is 8. The average Bonchev–Trinajstić information content (AvgIpc) is 2.58. The molecule has 2 heterocycles. The molecule has 10 nitrogen and oxygen atoms in total. The Bertz CT molecular complexity index is 356. The Kier molecular flexibility index (Phi) is 6.90. The normalized spacial score (nSPS) is 50.0. The first-order valence-corrected chi connectivity index (χ1v) is 7.92. The Morgan fingerprint density at radius 2 is 0.750 bits per heavy atom. The van der Waals surface area contributed by atoms with Crippen molar-refractivity contribution < 1.29 is 50.3 Å². The summed E-state index contributed by atoms with van der Waals surface area (Å²) in [6, 6.07) is 0. The van der Waals surface area contributed by atoms with Crippen molar-refractivity contribution in [2.24, 2.45) is 0 Å². The van der Waals surface area contributed by atoms with Crippen molar-refractivity contribution in [2.75, 3.05) is 13.2 Å². The summed E-state index contributed by atoms with van der Waals surface area (Å²) < 4.78 is 10.7. The zero-order valence-electron chi connectivity index (χ0n) is 13.0. The van der Waals surface area contributed by atoms with Crippen LogP contribution in [-0.2, 0) is 9.47 Å². The van der Waals surface area contributed by atoms with Crippen LogP contribution in [0.2, 0.25) is 0 Å². The van der Waals surface area contributed by atoms with Gasteiger partial charge in [-0.15, -0.1) is 0 Å². The van der Waals surface area contributed by atoms with Crippen LogP contribution in [0.5, 0.6) is 0 Å². The highest BCUT2D eigenvalue weighted by Crippen LogP contribution is 2.28. The Morgan fingerprint density at radius 3 is 1.04 bits per heavy atom. The maximum Gasteiger partial charge on any atom is 0.111 e. The van der Waals surface area contributed by atoms with Crippen LogP contribution < -0.4 is 0 Å². The number of rotatable bonds is 5. The Hall–Kier alpha value is -0.400. The third-order valence-corrected chi connectivity index (χ3v) is 4.72. The summed E-state index contributed by atoms with van der Waals surface area (Å²) in [6.45, 7) is -1.08. The molecular formula is C14H26O10. The number of ether oxygens (including phenoxy) is 2. The van der Waals surface area contributed by atoms with Crippen molar-refractivity contribution in [1.29, 1.82) is 0 Å². The third kappa shape index (κ3) is 3.88. The molecule has 0 amide bonds. The van der Waals surface area contributed by atoms with E-state index in [4.69, 9.17) is 19.7 Å². The Morgan fingerprint density at radius 1 is 0.458 bits per heavy atom. The predicted molar refractivity (Wildman–Crippen MR) is 76.8 cm³/mol. The minimum absolute atomic E-state index is 0.0874. The summed E-state index contributed by atoms with van der Waals surface area (Å²) in [5, 5.41) is 77.1. The zero-order valence-corrected chi connectivity index (χ0v) is 13.0. The maximum absolute atomic E-state index is 9.96. The molecule has 0 saturated carbocycles. The van der Waals surface area contributed by atoms with Crippen molar-refractivity contribution in [2.45, 2.75) is 73.9 Å². The molecule has 2 fully saturated rings.